The van der Waals surface area contributed by atoms with E-state index in [-0.39, 0.29) is 18.0 Å². The van der Waals surface area contributed by atoms with Crippen molar-refractivity contribution in [3.05, 3.63) is 67.9 Å². The summed E-state index contributed by atoms with van der Waals surface area (Å²) in [5.74, 6) is -0.352. The lowest BCUT2D eigenvalue weighted by Gasteiger charge is -2.07. The predicted molar refractivity (Wildman–Crippen MR) is 81.0 cm³/mol. The summed E-state index contributed by atoms with van der Waals surface area (Å²) in [6.45, 7) is 1.89. The number of rotatable bonds is 3. The first-order chi connectivity index (χ1) is 8.97. The van der Waals surface area contributed by atoms with Crippen LogP contribution in [0.3, 0.4) is 0 Å². The molecule has 2 rings (SSSR count). The standard InChI is InChI=1S/C15H11Br2FO/c1-9-6-11(16)2-4-13(9)15(19)8-10-7-12(18)3-5-14(10)17/h2-7H,8H2,1H3. The molecule has 0 atom stereocenters. The van der Waals surface area contributed by atoms with Crippen molar-refractivity contribution in [2.45, 2.75) is 13.3 Å². The van der Waals surface area contributed by atoms with Gasteiger partial charge >= 0.3 is 0 Å². The van der Waals surface area contributed by atoms with Gasteiger partial charge in [-0.25, -0.2) is 4.39 Å². The van der Waals surface area contributed by atoms with Crippen LogP contribution in [0.1, 0.15) is 21.5 Å². The zero-order chi connectivity index (χ0) is 14.0. The molecule has 1 nitrogen and oxygen atoms in total. The SMILES string of the molecule is Cc1cc(Br)ccc1C(=O)Cc1cc(F)ccc1Br. The van der Waals surface area contributed by atoms with Gasteiger partial charge in [-0.05, 0) is 48.4 Å². The molecule has 0 aliphatic heterocycles. The number of aryl methyl sites for hydroxylation is 1. The lowest BCUT2D eigenvalue weighted by molar-refractivity contribution is 0.0992. The third-order valence-corrected chi connectivity index (χ3v) is 4.11. The summed E-state index contributed by atoms with van der Waals surface area (Å²) in [4.78, 5) is 12.3. The second-order valence-corrected chi connectivity index (χ2v) is 6.06. The van der Waals surface area contributed by atoms with Gasteiger partial charge in [-0.2, -0.15) is 0 Å². The number of benzene rings is 2. The van der Waals surface area contributed by atoms with E-state index in [4.69, 9.17) is 0 Å². The van der Waals surface area contributed by atoms with E-state index >= 15 is 0 Å². The van der Waals surface area contributed by atoms with E-state index in [1.807, 2.05) is 19.1 Å². The second-order valence-electron chi connectivity index (χ2n) is 4.29. The van der Waals surface area contributed by atoms with E-state index in [1.165, 1.54) is 12.1 Å². The molecule has 0 spiro atoms. The molecule has 0 heterocycles. The van der Waals surface area contributed by atoms with Gasteiger partial charge in [0, 0.05) is 20.9 Å². The lowest BCUT2D eigenvalue weighted by atomic mass is 9.99. The average molecular weight is 386 g/mol. The normalized spacial score (nSPS) is 10.5. The Bertz CT molecular complexity index is 638. The number of carbonyl (C=O) groups is 1. The highest BCUT2D eigenvalue weighted by molar-refractivity contribution is 9.10. The molecule has 0 aromatic heterocycles. The molecule has 0 unspecified atom stereocenters. The quantitative estimate of drug-likeness (QED) is 0.673. The minimum Gasteiger partial charge on any atom is -0.294 e. The second kappa shape index (κ2) is 5.97. The van der Waals surface area contributed by atoms with Crippen LogP contribution in [0.4, 0.5) is 4.39 Å². The number of hydrogen-bond donors (Lipinski definition) is 0. The molecule has 0 N–H and O–H groups in total. The molecule has 0 bridgehead atoms. The highest BCUT2D eigenvalue weighted by Crippen LogP contribution is 2.22. The largest absolute Gasteiger partial charge is 0.294 e. The Kier molecular flexibility index (Phi) is 4.53. The lowest BCUT2D eigenvalue weighted by Crippen LogP contribution is -2.06. The fourth-order valence-corrected chi connectivity index (χ4v) is 2.75. The number of Topliss-reactive ketones (excluding diaryl/α,β-unsaturated/α-hetero) is 1. The fraction of sp³-hybridized carbons (Fsp3) is 0.133. The molecule has 0 fully saturated rings. The minimum absolute atomic E-state index is 0.0173. The molecule has 19 heavy (non-hydrogen) atoms. The first kappa shape index (κ1) is 14.4. The Morgan fingerprint density at radius 3 is 2.58 bits per heavy atom. The molecule has 0 aliphatic carbocycles. The van der Waals surface area contributed by atoms with Crippen molar-refractivity contribution in [3.8, 4) is 0 Å². The molecular formula is C15H11Br2FO. The van der Waals surface area contributed by atoms with Gasteiger partial charge in [0.15, 0.2) is 5.78 Å². The van der Waals surface area contributed by atoms with Crippen LogP contribution in [-0.2, 0) is 6.42 Å². The Morgan fingerprint density at radius 1 is 1.16 bits per heavy atom. The van der Waals surface area contributed by atoms with Crippen molar-refractivity contribution < 1.29 is 9.18 Å². The Labute approximate surface area is 128 Å². The monoisotopic (exact) mass is 384 g/mol. The van der Waals surface area contributed by atoms with Crippen molar-refractivity contribution in [1.29, 1.82) is 0 Å². The number of hydrogen-bond acceptors (Lipinski definition) is 1. The molecule has 2 aromatic carbocycles. The molecule has 0 amide bonds. The number of ketones is 1. The Balaban J connectivity index is 2.28. The van der Waals surface area contributed by atoms with Crippen LogP contribution in [-0.4, -0.2) is 5.78 Å². The van der Waals surface area contributed by atoms with E-state index in [0.29, 0.717) is 11.1 Å². The molecule has 98 valence electrons. The van der Waals surface area contributed by atoms with Gasteiger partial charge in [0.1, 0.15) is 5.82 Å². The Hall–Kier alpha value is -1.00. The highest BCUT2D eigenvalue weighted by Gasteiger charge is 2.12. The maximum atomic E-state index is 13.2. The van der Waals surface area contributed by atoms with Crippen LogP contribution >= 0.6 is 31.9 Å². The zero-order valence-electron chi connectivity index (χ0n) is 10.2. The summed E-state index contributed by atoms with van der Waals surface area (Å²) in [7, 11) is 0. The zero-order valence-corrected chi connectivity index (χ0v) is 13.4. The van der Waals surface area contributed by atoms with Gasteiger partial charge in [0.2, 0.25) is 0 Å². The van der Waals surface area contributed by atoms with Crippen molar-refractivity contribution in [1.82, 2.24) is 0 Å². The summed E-state index contributed by atoms with van der Waals surface area (Å²) in [5, 5.41) is 0. The van der Waals surface area contributed by atoms with E-state index in [9.17, 15) is 9.18 Å². The van der Waals surface area contributed by atoms with Crippen LogP contribution in [0.15, 0.2) is 45.3 Å². The Morgan fingerprint density at radius 2 is 1.89 bits per heavy atom. The highest BCUT2D eigenvalue weighted by atomic mass is 79.9. The van der Waals surface area contributed by atoms with Gasteiger partial charge in [-0.1, -0.05) is 37.9 Å². The summed E-state index contributed by atoms with van der Waals surface area (Å²) >= 11 is 6.70. The van der Waals surface area contributed by atoms with Gasteiger partial charge in [0.05, 0.1) is 0 Å². The van der Waals surface area contributed by atoms with Crippen molar-refractivity contribution >= 4 is 37.6 Å². The van der Waals surface area contributed by atoms with Crippen molar-refractivity contribution in [2.24, 2.45) is 0 Å². The predicted octanol–water partition coefficient (Wildman–Crippen LogP) is 5.08. The number of halogens is 3. The summed E-state index contributed by atoms with van der Waals surface area (Å²) in [6, 6.07) is 9.88. The summed E-state index contributed by atoms with van der Waals surface area (Å²) in [5.41, 5.74) is 2.23. The van der Waals surface area contributed by atoms with Gasteiger partial charge < -0.3 is 0 Å². The maximum Gasteiger partial charge on any atom is 0.167 e. The van der Waals surface area contributed by atoms with Crippen LogP contribution < -0.4 is 0 Å². The fourth-order valence-electron chi connectivity index (χ4n) is 1.89. The molecule has 0 radical (unpaired) electrons. The van der Waals surface area contributed by atoms with E-state index in [1.54, 1.807) is 12.1 Å². The summed E-state index contributed by atoms with van der Waals surface area (Å²) < 4.78 is 14.9. The smallest absolute Gasteiger partial charge is 0.167 e. The molecule has 2 aromatic rings. The maximum absolute atomic E-state index is 13.2. The third kappa shape index (κ3) is 3.51. The molecular weight excluding hydrogens is 375 g/mol. The van der Waals surface area contributed by atoms with E-state index < -0.39 is 0 Å². The minimum atomic E-state index is -0.335. The van der Waals surface area contributed by atoms with Gasteiger partial charge in [-0.3, -0.25) is 4.79 Å². The van der Waals surface area contributed by atoms with Crippen LogP contribution in [0.5, 0.6) is 0 Å². The molecule has 0 saturated carbocycles. The van der Waals surface area contributed by atoms with Gasteiger partial charge in [0.25, 0.3) is 0 Å². The molecule has 0 saturated heterocycles. The molecule has 0 aliphatic rings. The van der Waals surface area contributed by atoms with Crippen LogP contribution in [0.25, 0.3) is 0 Å². The van der Waals surface area contributed by atoms with Crippen molar-refractivity contribution in [3.63, 3.8) is 0 Å². The van der Waals surface area contributed by atoms with Crippen LogP contribution in [0.2, 0.25) is 0 Å². The van der Waals surface area contributed by atoms with E-state index in [0.717, 1.165) is 14.5 Å². The third-order valence-electron chi connectivity index (χ3n) is 2.85. The number of carbonyl (C=O) groups excluding carboxylic acids is 1. The first-order valence-corrected chi connectivity index (χ1v) is 7.29. The van der Waals surface area contributed by atoms with Gasteiger partial charge in [-0.15, -0.1) is 0 Å². The van der Waals surface area contributed by atoms with Crippen molar-refractivity contribution in [2.75, 3.05) is 0 Å². The van der Waals surface area contributed by atoms with Crippen LogP contribution in [0, 0.1) is 12.7 Å². The summed E-state index contributed by atoms with van der Waals surface area (Å²) in [6.07, 6.45) is 0.181. The topological polar surface area (TPSA) is 17.1 Å². The first-order valence-electron chi connectivity index (χ1n) is 5.70. The molecule has 4 heteroatoms. The average Bonchev–Trinajstić information content (AvgIpc) is 2.33. The van der Waals surface area contributed by atoms with E-state index in [2.05, 4.69) is 31.9 Å².